The van der Waals surface area contributed by atoms with E-state index in [1.807, 2.05) is 6.07 Å². The fourth-order valence-electron chi connectivity index (χ4n) is 3.25. The van der Waals surface area contributed by atoms with Gasteiger partial charge in [0.25, 0.3) is 0 Å². The average molecular weight is 406 g/mol. The van der Waals surface area contributed by atoms with Crippen LogP contribution in [0.3, 0.4) is 0 Å². The first-order valence-electron chi connectivity index (χ1n) is 9.19. The van der Waals surface area contributed by atoms with Gasteiger partial charge in [0.2, 0.25) is 5.95 Å². The van der Waals surface area contributed by atoms with E-state index in [4.69, 9.17) is 0 Å². The number of nitrogens with one attached hydrogen (secondary N) is 2. The molecule has 1 fully saturated rings. The molecule has 7 nitrogen and oxygen atoms in total. The highest BCUT2D eigenvalue weighted by Gasteiger charge is 2.35. The zero-order chi connectivity index (χ0) is 21.1. The minimum Gasteiger partial charge on any atom is -0.390 e. The number of aromatic nitrogens is 3. The van der Waals surface area contributed by atoms with E-state index in [1.54, 1.807) is 6.92 Å². The zero-order valence-corrected chi connectivity index (χ0v) is 15.8. The number of aliphatic hydroxyl groups is 1. The Morgan fingerprint density at radius 3 is 2.69 bits per heavy atom. The summed E-state index contributed by atoms with van der Waals surface area (Å²) in [7, 11) is 0. The molecule has 1 aliphatic rings. The molecule has 0 spiro atoms. The molecule has 0 amide bonds. The van der Waals surface area contributed by atoms with Gasteiger partial charge in [-0.05, 0) is 38.7 Å². The van der Waals surface area contributed by atoms with Crippen LogP contribution in [-0.4, -0.2) is 31.7 Å². The highest BCUT2D eigenvalue weighted by atomic mass is 19.4. The van der Waals surface area contributed by atoms with Gasteiger partial charge in [-0.1, -0.05) is 6.07 Å². The van der Waals surface area contributed by atoms with Crippen LogP contribution in [0, 0.1) is 11.3 Å². The van der Waals surface area contributed by atoms with Crippen LogP contribution in [0.25, 0.3) is 0 Å². The first kappa shape index (κ1) is 20.8. The smallest absolute Gasteiger partial charge is 0.390 e. The third kappa shape index (κ3) is 5.32. The first-order valence-corrected chi connectivity index (χ1v) is 9.19. The van der Waals surface area contributed by atoms with Crippen LogP contribution in [0.5, 0.6) is 0 Å². The molecule has 0 aromatic carbocycles. The van der Waals surface area contributed by atoms with Gasteiger partial charge in [-0.2, -0.15) is 23.4 Å². The number of nitrogens with zero attached hydrogens (tertiary/aromatic N) is 4. The van der Waals surface area contributed by atoms with Crippen molar-refractivity contribution in [3.8, 4) is 6.07 Å². The Morgan fingerprint density at radius 2 is 2.03 bits per heavy atom. The van der Waals surface area contributed by atoms with Gasteiger partial charge in [-0.25, -0.2) is 4.98 Å². The SMILES string of the molecule is C[C@]1(O)CC[C@@H](Nc2nc(NCc3cccnc3C(F)(F)F)ncc2C#N)CC1. The molecule has 0 unspecified atom stereocenters. The second-order valence-corrected chi connectivity index (χ2v) is 7.35. The normalized spacial score (nSPS) is 22.0. The Hall–Kier alpha value is -2.93. The quantitative estimate of drug-likeness (QED) is 0.698. The van der Waals surface area contributed by atoms with E-state index in [0.29, 0.717) is 18.7 Å². The number of halogens is 3. The molecule has 3 N–H and O–H groups in total. The number of nitriles is 1. The third-order valence-electron chi connectivity index (χ3n) is 4.91. The Morgan fingerprint density at radius 1 is 1.31 bits per heavy atom. The third-order valence-corrected chi connectivity index (χ3v) is 4.91. The molecule has 1 aliphatic carbocycles. The van der Waals surface area contributed by atoms with Gasteiger partial charge in [0.15, 0.2) is 0 Å². The van der Waals surface area contributed by atoms with Crippen molar-refractivity contribution in [1.29, 1.82) is 5.26 Å². The number of rotatable bonds is 5. The molecule has 1 saturated carbocycles. The maximum Gasteiger partial charge on any atom is 0.433 e. The van der Waals surface area contributed by atoms with Crippen LogP contribution in [0.1, 0.15) is 49.4 Å². The Labute approximate surface area is 166 Å². The van der Waals surface area contributed by atoms with Crippen LogP contribution in [0.4, 0.5) is 24.9 Å². The summed E-state index contributed by atoms with van der Waals surface area (Å²) in [4.78, 5) is 11.7. The van der Waals surface area contributed by atoms with Crippen molar-refractivity contribution in [2.75, 3.05) is 10.6 Å². The molecule has 0 saturated heterocycles. The molecule has 2 aromatic rings. The highest BCUT2D eigenvalue weighted by molar-refractivity contribution is 5.54. The predicted octanol–water partition coefficient (Wildman–Crippen LogP) is 3.48. The van der Waals surface area contributed by atoms with E-state index in [-0.39, 0.29) is 29.7 Å². The molecule has 2 heterocycles. The van der Waals surface area contributed by atoms with E-state index in [9.17, 15) is 23.5 Å². The number of pyridine rings is 1. The van der Waals surface area contributed by atoms with Gasteiger partial charge < -0.3 is 15.7 Å². The summed E-state index contributed by atoms with van der Waals surface area (Å²) in [5, 5.41) is 25.3. The summed E-state index contributed by atoms with van der Waals surface area (Å²) in [6.07, 6.45) is 0.551. The molecule has 0 bridgehead atoms. The van der Waals surface area contributed by atoms with E-state index in [2.05, 4.69) is 25.6 Å². The number of alkyl halides is 3. The standard InChI is InChI=1S/C19H21F3N6O/c1-18(29)6-4-14(5-7-18)27-16-13(9-23)11-26-17(28-16)25-10-12-3-2-8-24-15(12)19(20,21)22/h2-3,8,11,14,29H,4-7,10H2,1H3,(H2,25,26,27,28)/t14-,18+. The second kappa shape index (κ2) is 8.21. The molecular weight excluding hydrogens is 385 g/mol. The predicted molar refractivity (Wildman–Crippen MR) is 99.8 cm³/mol. The number of hydrogen-bond acceptors (Lipinski definition) is 7. The average Bonchev–Trinajstić information content (AvgIpc) is 2.68. The van der Waals surface area contributed by atoms with Gasteiger partial charge >= 0.3 is 6.18 Å². The van der Waals surface area contributed by atoms with Gasteiger partial charge in [0.1, 0.15) is 23.1 Å². The van der Waals surface area contributed by atoms with Crippen molar-refractivity contribution in [1.82, 2.24) is 15.0 Å². The lowest BCUT2D eigenvalue weighted by atomic mass is 9.83. The van der Waals surface area contributed by atoms with Gasteiger partial charge in [0, 0.05) is 24.3 Å². The topological polar surface area (TPSA) is 107 Å². The van der Waals surface area contributed by atoms with E-state index in [0.717, 1.165) is 19.0 Å². The lowest BCUT2D eigenvalue weighted by Crippen LogP contribution is -2.36. The maximum atomic E-state index is 13.1. The molecule has 0 aliphatic heterocycles. The lowest BCUT2D eigenvalue weighted by Gasteiger charge is -2.33. The van der Waals surface area contributed by atoms with Crippen LogP contribution in [0.2, 0.25) is 0 Å². The Bertz CT molecular complexity index is 900. The molecule has 10 heteroatoms. The van der Waals surface area contributed by atoms with Crippen LogP contribution in [0.15, 0.2) is 24.5 Å². The summed E-state index contributed by atoms with van der Waals surface area (Å²) in [5.41, 5.74) is -1.44. The summed E-state index contributed by atoms with van der Waals surface area (Å²) in [6.45, 7) is 1.63. The molecule has 154 valence electrons. The largest absolute Gasteiger partial charge is 0.433 e. The minimum absolute atomic E-state index is 0.0306. The lowest BCUT2D eigenvalue weighted by molar-refractivity contribution is -0.141. The summed E-state index contributed by atoms with van der Waals surface area (Å²) < 4.78 is 39.2. The van der Waals surface area contributed by atoms with Crippen molar-refractivity contribution in [2.45, 2.75) is 57.0 Å². The summed E-state index contributed by atoms with van der Waals surface area (Å²) in [5.74, 6) is 0.421. The fraction of sp³-hybridized carbons (Fsp3) is 0.474. The van der Waals surface area contributed by atoms with Gasteiger partial charge in [-0.15, -0.1) is 0 Å². The molecular formula is C19H21F3N6O. The molecule has 3 rings (SSSR count). The molecule has 29 heavy (non-hydrogen) atoms. The Kier molecular flexibility index (Phi) is 5.88. The summed E-state index contributed by atoms with van der Waals surface area (Å²) in [6, 6.07) is 4.81. The molecule has 0 radical (unpaired) electrons. The van der Waals surface area contributed by atoms with Crippen molar-refractivity contribution in [2.24, 2.45) is 0 Å². The summed E-state index contributed by atoms with van der Waals surface area (Å²) >= 11 is 0. The second-order valence-electron chi connectivity index (χ2n) is 7.35. The highest BCUT2D eigenvalue weighted by Crippen LogP contribution is 2.31. The van der Waals surface area contributed by atoms with Crippen molar-refractivity contribution >= 4 is 11.8 Å². The minimum atomic E-state index is -4.56. The van der Waals surface area contributed by atoms with Crippen LogP contribution in [-0.2, 0) is 12.7 Å². The first-order chi connectivity index (χ1) is 13.7. The Balaban J connectivity index is 1.72. The molecule has 2 aromatic heterocycles. The number of hydrogen-bond donors (Lipinski definition) is 3. The monoisotopic (exact) mass is 406 g/mol. The molecule has 0 atom stereocenters. The van der Waals surface area contributed by atoms with Crippen molar-refractivity contribution in [3.05, 3.63) is 41.3 Å². The van der Waals surface area contributed by atoms with Crippen molar-refractivity contribution < 1.29 is 18.3 Å². The van der Waals surface area contributed by atoms with E-state index in [1.165, 1.54) is 18.3 Å². The van der Waals surface area contributed by atoms with E-state index >= 15 is 0 Å². The zero-order valence-electron chi connectivity index (χ0n) is 15.8. The van der Waals surface area contributed by atoms with E-state index < -0.39 is 17.5 Å². The maximum absolute atomic E-state index is 13.1. The number of anilines is 2. The van der Waals surface area contributed by atoms with Gasteiger partial charge in [0.05, 0.1) is 11.8 Å². The van der Waals surface area contributed by atoms with Gasteiger partial charge in [-0.3, -0.25) is 4.98 Å². The van der Waals surface area contributed by atoms with Crippen LogP contribution < -0.4 is 10.6 Å². The van der Waals surface area contributed by atoms with Crippen LogP contribution >= 0.6 is 0 Å². The fourth-order valence-corrected chi connectivity index (χ4v) is 3.25. The van der Waals surface area contributed by atoms with Crippen molar-refractivity contribution in [3.63, 3.8) is 0 Å².